The van der Waals surface area contributed by atoms with Crippen LogP contribution in [0.1, 0.15) is 5.56 Å². The zero-order valence-electron chi connectivity index (χ0n) is 8.75. The number of thioether (sulfide) groups is 1. The van der Waals surface area contributed by atoms with Crippen LogP contribution in [0.3, 0.4) is 0 Å². The molecule has 2 N–H and O–H groups in total. The molecule has 0 saturated heterocycles. The van der Waals surface area contributed by atoms with E-state index in [0.717, 1.165) is 4.68 Å². The molecular weight excluding hydrogens is 288 g/mol. The predicted octanol–water partition coefficient (Wildman–Crippen LogP) is 0.146. The van der Waals surface area contributed by atoms with Crippen LogP contribution in [-0.4, -0.2) is 35.6 Å². The van der Waals surface area contributed by atoms with E-state index < -0.39 is 10.0 Å². The second-order valence-corrected chi connectivity index (χ2v) is 6.14. The number of rotatable bonds is 2. The minimum absolute atomic E-state index is 0.0354. The van der Waals surface area contributed by atoms with E-state index in [-0.39, 0.29) is 15.7 Å². The van der Waals surface area contributed by atoms with Crippen molar-refractivity contribution in [3.05, 3.63) is 10.7 Å². The summed E-state index contributed by atoms with van der Waals surface area (Å²) in [5.41, 5.74) is 0.196. The Morgan fingerprint density at radius 2 is 2.29 bits per heavy atom. The molecule has 7 nitrogen and oxygen atoms in total. The largest absolute Gasteiger partial charge is 0.394 e. The van der Waals surface area contributed by atoms with E-state index in [0.29, 0.717) is 17.4 Å². The maximum atomic E-state index is 11.5. The minimum Gasteiger partial charge on any atom is -0.394 e. The van der Waals surface area contributed by atoms with E-state index in [9.17, 15) is 8.42 Å². The molecule has 0 aromatic carbocycles. The molecule has 0 fully saturated rings. The van der Waals surface area contributed by atoms with Gasteiger partial charge in [0.2, 0.25) is 0 Å². The summed E-state index contributed by atoms with van der Waals surface area (Å²) in [5, 5.41) is 13.0. The van der Waals surface area contributed by atoms with Crippen molar-refractivity contribution in [2.45, 2.75) is 5.03 Å². The van der Waals surface area contributed by atoms with Crippen LogP contribution in [0.25, 0.3) is 0 Å². The molecule has 0 amide bonds. The first kappa shape index (κ1) is 12.7. The molecule has 94 valence electrons. The van der Waals surface area contributed by atoms with Crippen molar-refractivity contribution in [2.75, 3.05) is 12.4 Å². The molecule has 2 heterocycles. The number of halogens is 1. The van der Waals surface area contributed by atoms with Gasteiger partial charge in [0, 0.05) is 12.8 Å². The lowest BCUT2D eigenvalue weighted by molar-refractivity contribution is 0.160. The van der Waals surface area contributed by atoms with E-state index in [1.165, 1.54) is 18.8 Å². The molecule has 1 aromatic heterocycles. The smallest absolute Gasteiger partial charge is 0.255 e. The average molecular weight is 297 g/mol. The highest BCUT2D eigenvalue weighted by Gasteiger charge is 2.28. The third-order valence-corrected chi connectivity index (χ3v) is 4.19. The number of hydrogen-bond acceptors (Lipinski definition) is 6. The third-order valence-electron chi connectivity index (χ3n) is 2.00. The van der Waals surface area contributed by atoms with Gasteiger partial charge in [0.1, 0.15) is 11.7 Å². The van der Waals surface area contributed by atoms with Gasteiger partial charge >= 0.3 is 0 Å². The van der Waals surface area contributed by atoms with E-state index in [1.807, 2.05) is 0 Å². The highest BCUT2D eigenvalue weighted by Crippen LogP contribution is 2.28. The van der Waals surface area contributed by atoms with E-state index in [4.69, 9.17) is 21.6 Å². The Morgan fingerprint density at radius 1 is 1.59 bits per heavy atom. The van der Waals surface area contributed by atoms with Gasteiger partial charge in [-0.25, -0.2) is 13.6 Å². The summed E-state index contributed by atoms with van der Waals surface area (Å²) in [5.74, 6) is 0.661. The molecular formula is C7H9ClN4O3S2. The third kappa shape index (κ3) is 2.41. The molecule has 0 bridgehead atoms. The molecule has 1 aromatic rings. The number of nitrogens with two attached hydrogens (primary N) is 1. The fourth-order valence-electron chi connectivity index (χ4n) is 1.41. The number of oxime groups is 1. The van der Waals surface area contributed by atoms with E-state index >= 15 is 0 Å². The maximum absolute atomic E-state index is 11.5. The SMILES string of the molecule is Cn1nc(Cl)c(C2=NOCCS2)c1S(N)(=O)=O. The van der Waals surface area contributed by atoms with Gasteiger partial charge in [0.15, 0.2) is 10.2 Å². The maximum Gasteiger partial charge on any atom is 0.255 e. The van der Waals surface area contributed by atoms with Crippen LogP contribution in [0.2, 0.25) is 5.15 Å². The van der Waals surface area contributed by atoms with Crippen molar-refractivity contribution in [3.8, 4) is 0 Å². The fourth-order valence-corrected chi connectivity index (χ4v) is 3.56. The Balaban J connectivity index is 2.64. The Kier molecular flexibility index (Phi) is 3.34. The second-order valence-electron chi connectivity index (χ2n) is 3.22. The lowest BCUT2D eigenvalue weighted by Gasteiger charge is -2.11. The van der Waals surface area contributed by atoms with Gasteiger partial charge in [0.05, 0.1) is 5.56 Å². The Bertz CT molecular complexity index is 580. The van der Waals surface area contributed by atoms with Crippen LogP contribution >= 0.6 is 23.4 Å². The van der Waals surface area contributed by atoms with Crippen molar-refractivity contribution in [1.29, 1.82) is 0 Å². The summed E-state index contributed by atoms with van der Waals surface area (Å²) in [6.45, 7) is 0.469. The van der Waals surface area contributed by atoms with Crippen LogP contribution < -0.4 is 5.14 Å². The molecule has 17 heavy (non-hydrogen) atoms. The van der Waals surface area contributed by atoms with Crippen molar-refractivity contribution < 1.29 is 13.3 Å². The zero-order valence-corrected chi connectivity index (χ0v) is 11.1. The number of primary sulfonamides is 1. The topological polar surface area (TPSA) is 99.6 Å². The van der Waals surface area contributed by atoms with Gasteiger partial charge in [-0.15, -0.1) is 0 Å². The number of nitrogens with zero attached hydrogens (tertiary/aromatic N) is 3. The molecule has 2 rings (SSSR count). The van der Waals surface area contributed by atoms with Gasteiger partial charge in [-0.1, -0.05) is 28.5 Å². The monoisotopic (exact) mass is 296 g/mol. The first-order valence-corrected chi connectivity index (χ1v) is 7.40. The first-order valence-electron chi connectivity index (χ1n) is 4.49. The van der Waals surface area contributed by atoms with Crippen LogP contribution in [0.4, 0.5) is 0 Å². The fraction of sp³-hybridized carbons (Fsp3) is 0.429. The van der Waals surface area contributed by atoms with Crippen molar-refractivity contribution in [1.82, 2.24) is 9.78 Å². The second kappa shape index (κ2) is 4.48. The summed E-state index contributed by atoms with van der Waals surface area (Å²) in [6, 6.07) is 0. The molecule has 0 unspecified atom stereocenters. The van der Waals surface area contributed by atoms with E-state index in [1.54, 1.807) is 0 Å². The van der Waals surface area contributed by atoms with Gasteiger partial charge in [-0.2, -0.15) is 5.10 Å². The van der Waals surface area contributed by atoms with Gasteiger partial charge < -0.3 is 4.84 Å². The van der Waals surface area contributed by atoms with Crippen LogP contribution in [0.15, 0.2) is 10.2 Å². The first-order chi connectivity index (χ1) is 7.91. The normalized spacial score (nSPS) is 16.5. The summed E-state index contributed by atoms with van der Waals surface area (Å²) < 4.78 is 24.1. The highest BCUT2D eigenvalue weighted by atomic mass is 35.5. The van der Waals surface area contributed by atoms with Crippen molar-refractivity contribution >= 4 is 38.4 Å². The number of aryl methyl sites for hydroxylation is 1. The molecule has 0 saturated carbocycles. The standard InChI is InChI=1S/C7H9ClN4O3S2/c1-12-7(17(9,13)14)4(5(8)10-12)6-11-15-2-3-16-6/h2-3H2,1H3,(H2,9,13,14). The molecule has 0 atom stereocenters. The molecule has 10 heteroatoms. The van der Waals surface area contributed by atoms with Gasteiger partial charge in [-0.05, 0) is 0 Å². The minimum atomic E-state index is -3.93. The zero-order chi connectivity index (χ0) is 12.6. The molecule has 1 aliphatic heterocycles. The van der Waals surface area contributed by atoms with E-state index in [2.05, 4.69) is 10.3 Å². The summed E-state index contributed by atoms with van der Waals surface area (Å²) in [6.07, 6.45) is 0. The molecule has 0 radical (unpaired) electrons. The molecule has 0 spiro atoms. The highest BCUT2D eigenvalue weighted by molar-refractivity contribution is 8.14. The number of aromatic nitrogens is 2. The summed E-state index contributed by atoms with van der Waals surface area (Å²) >= 11 is 7.23. The lowest BCUT2D eigenvalue weighted by Crippen LogP contribution is -2.20. The number of sulfonamides is 1. The molecule has 1 aliphatic rings. The van der Waals surface area contributed by atoms with Gasteiger partial charge in [0.25, 0.3) is 10.0 Å². The average Bonchev–Trinajstić information content (AvgIpc) is 2.54. The van der Waals surface area contributed by atoms with Crippen molar-refractivity contribution in [3.63, 3.8) is 0 Å². The lowest BCUT2D eigenvalue weighted by atomic mass is 10.4. The van der Waals surface area contributed by atoms with Crippen LogP contribution in [-0.2, 0) is 21.9 Å². The van der Waals surface area contributed by atoms with Crippen LogP contribution in [0, 0.1) is 0 Å². The predicted molar refractivity (Wildman–Crippen MR) is 64.5 cm³/mol. The van der Waals surface area contributed by atoms with Crippen LogP contribution in [0.5, 0.6) is 0 Å². The Labute approximate surface area is 107 Å². The van der Waals surface area contributed by atoms with Crippen molar-refractivity contribution in [2.24, 2.45) is 17.3 Å². The summed E-state index contributed by atoms with van der Waals surface area (Å²) in [4.78, 5) is 4.90. The molecule has 0 aliphatic carbocycles. The van der Waals surface area contributed by atoms with Gasteiger partial charge in [-0.3, -0.25) is 4.68 Å². The summed E-state index contributed by atoms with van der Waals surface area (Å²) in [7, 11) is -2.48. The quantitative estimate of drug-likeness (QED) is 0.837. The Hall–Kier alpha value is -0.770. The number of hydrogen-bond donors (Lipinski definition) is 1. The Morgan fingerprint density at radius 3 is 2.82 bits per heavy atom.